The van der Waals surface area contributed by atoms with Gasteiger partial charge in [0.15, 0.2) is 0 Å². The zero-order valence-electron chi connectivity index (χ0n) is 10.9. The van der Waals surface area contributed by atoms with Crippen LogP contribution in [0, 0.1) is 6.92 Å². The van der Waals surface area contributed by atoms with Crippen LogP contribution in [0.1, 0.15) is 29.9 Å². The number of nitrogens with zero attached hydrogens (tertiary/aromatic N) is 2. The van der Waals surface area contributed by atoms with Crippen LogP contribution in [0.2, 0.25) is 0 Å². The number of rotatable bonds is 4. The van der Waals surface area contributed by atoms with Gasteiger partial charge in [-0.15, -0.1) is 0 Å². The highest BCUT2D eigenvalue weighted by molar-refractivity contribution is 5.41. The molecule has 0 saturated heterocycles. The smallest absolute Gasteiger partial charge is 0.128 e. The molecule has 0 fully saturated rings. The van der Waals surface area contributed by atoms with Gasteiger partial charge in [-0.05, 0) is 37.6 Å². The third-order valence-electron chi connectivity index (χ3n) is 3.02. The Morgan fingerprint density at radius 3 is 2.83 bits per heavy atom. The van der Waals surface area contributed by atoms with Gasteiger partial charge in [0.2, 0.25) is 0 Å². The number of aliphatic hydroxyl groups is 1. The number of hydrogen-bond donors (Lipinski definition) is 1. The fourth-order valence-corrected chi connectivity index (χ4v) is 1.81. The summed E-state index contributed by atoms with van der Waals surface area (Å²) < 4.78 is 5.28. The second-order valence-corrected chi connectivity index (χ2v) is 4.48. The first-order valence-corrected chi connectivity index (χ1v) is 5.96. The summed E-state index contributed by atoms with van der Waals surface area (Å²) in [5, 5.41) is 9.57. The number of furan rings is 1. The summed E-state index contributed by atoms with van der Waals surface area (Å²) in [6, 6.07) is 5.69. The normalized spacial score (nSPS) is 12.4. The van der Waals surface area contributed by atoms with Crippen molar-refractivity contribution in [3.63, 3.8) is 0 Å². The van der Waals surface area contributed by atoms with Crippen LogP contribution in [0.3, 0.4) is 0 Å². The molecular weight excluding hydrogens is 228 g/mol. The molecule has 0 saturated carbocycles. The van der Waals surface area contributed by atoms with E-state index in [4.69, 9.17) is 4.42 Å². The van der Waals surface area contributed by atoms with Gasteiger partial charge in [-0.2, -0.15) is 0 Å². The van der Waals surface area contributed by atoms with E-state index in [-0.39, 0.29) is 0 Å². The van der Waals surface area contributed by atoms with E-state index in [2.05, 4.69) is 4.98 Å². The predicted octanol–water partition coefficient (Wildman–Crippen LogP) is 2.67. The van der Waals surface area contributed by atoms with E-state index in [1.165, 1.54) is 0 Å². The summed E-state index contributed by atoms with van der Waals surface area (Å²) in [6.45, 7) is 4.43. The van der Waals surface area contributed by atoms with Gasteiger partial charge >= 0.3 is 0 Å². The Labute approximate surface area is 107 Å². The van der Waals surface area contributed by atoms with Crippen LogP contribution in [0.25, 0.3) is 0 Å². The minimum Gasteiger partial charge on any atom is -0.469 e. The van der Waals surface area contributed by atoms with E-state index < -0.39 is 6.10 Å². The van der Waals surface area contributed by atoms with Crippen molar-refractivity contribution in [3.8, 4) is 0 Å². The standard InChI is InChI=1S/C14H18N2O2/c1-10(17)12-4-6-15-14(8-12)16(3)9-13-5-7-18-11(13)2/h4-8,10,17H,9H2,1-3H3/t10-/m1/s1. The molecule has 0 aliphatic rings. The summed E-state index contributed by atoms with van der Waals surface area (Å²) >= 11 is 0. The molecular formula is C14H18N2O2. The van der Waals surface area contributed by atoms with Crippen LogP contribution in [0.15, 0.2) is 35.1 Å². The van der Waals surface area contributed by atoms with Crippen molar-refractivity contribution in [2.45, 2.75) is 26.5 Å². The molecule has 1 atom stereocenters. The van der Waals surface area contributed by atoms with E-state index in [9.17, 15) is 5.11 Å². The number of anilines is 1. The summed E-state index contributed by atoms with van der Waals surface area (Å²) in [4.78, 5) is 6.35. The summed E-state index contributed by atoms with van der Waals surface area (Å²) in [7, 11) is 1.97. The van der Waals surface area contributed by atoms with Gasteiger partial charge in [-0.25, -0.2) is 4.98 Å². The van der Waals surface area contributed by atoms with Gasteiger partial charge in [0, 0.05) is 25.4 Å². The Balaban J connectivity index is 2.16. The fraction of sp³-hybridized carbons (Fsp3) is 0.357. The highest BCUT2D eigenvalue weighted by Gasteiger charge is 2.09. The number of aromatic nitrogens is 1. The molecule has 4 nitrogen and oxygen atoms in total. The van der Waals surface area contributed by atoms with Crippen LogP contribution >= 0.6 is 0 Å². The van der Waals surface area contributed by atoms with Gasteiger partial charge < -0.3 is 14.4 Å². The highest BCUT2D eigenvalue weighted by Crippen LogP contribution is 2.19. The Morgan fingerprint density at radius 1 is 1.44 bits per heavy atom. The van der Waals surface area contributed by atoms with Crippen LogP contribution < -0.4 is 4.90 Å². The molecule has 18 heavy (non-hydrogen) atoms. The van der Waals surface area contributed by atoms with Gasteiger partial charge in [0.25, 0.3) is 0 Å². The van der Waals surface area contributed by atoms with Crippen molar-refractivity contribution >= 4 is 5.82 Å². The number of aliphatic hydroxyl groups excluding tert-OH is 1. The van der Waals surface area contributed by atoms with Gasteiger partial charge in [-0.3, -0.25) is 0 Å². The minimum absolute atomic E-state index is 0.476. The Hall–Kier alpha value is -1.81. The Kier molecular flexibility index (Phi) is 3.67. The molecule has 0 radical (unpaired) electrons. The molecule has 0 aliphatic heterocycles. The van der Waals surface area contributed by atoms with Crippen molar-refractivity contribution < 1.29 is 9.52 Å². The second kappa shape index (κ2) is 5.23. The zero-order valence-corrected chi connectivity index (χ0v) is 10.9. The minimum atomic E-state index is -0.476. The predicted molar refractivity (Wildman–Crippen MR) is 70.4 cm³/mol. The molecule has 2 aromatic heterocycles. The maximum atomic E-state index is 9.57. The van der Waals surface area contributed by atoms with Gasteiger partial charge in [-0.1, -0.05) is 0 Å². The van der Waals surface area contributed by atoms with E-state index in [1.807, 2.05) is 37.1 Å². The Morgan fingerprint density at radius 2 is 2.22 bits per heavy atom. The molecule has 2 aromatic rings. The van der Waals surface area contributed by atoms with E-state index in [1.54, 1.807) is 19.4 Å². The van der Waals surface area contributed by atoms with Crippen LogP contribution in [0.5, 0.6) is 0 Å². The third-order valence-corrected chi connectivity index (χ3v) is 3.02. The van der Waals surface area contributed by atoms with Crippen molar-refractivity contribution in [2.75, 3.05) is 11.9 Å². The Bertz CT molecular complexity index is 520. The van der Waals surface area contributed by atoms with E-state index >= 15 is 0 Å². The molecule has 0 amide bonds. The monoisotopic (exact) mass is 246 g/mol. The molecule has 0 unspecified atom stereocenters. The topological polar surface area (TPSA) is 49.5 Å². The van der Waals surface area contributed by atoms with Crippen LogP contribution in [-0.4, -0.2) is 17.1 Å². The first-order chi connectivity index (χ1) is 8.58. The van der Waals surface area contributed by atoms with Gasteiger partial charge in [0.1, 0.15) is 11.6 Å². The lowest BCUT2D eigenvalue weighted by Gasteiger charge is -2.18. The highest BCUT2D eigenvalue weighted by atomic mass is 16.3. The third kappa shape index (κ3) is 2.71. The molecule has 96 valence electrons. The second-order valence-electron chi connectivity index (χ2n) is 4.48. The van der Waals surface area contributed by atoms with Crippen molar-refractivity contribution in [1.82, 2.24) is 4.98 Å². The SMILES string of the molecule is Cc1occc1CN(C)c1cc([C@@H](C)O)ccn1. The van der Waals surface area contributed by atoms with Crippen LogP contribution in [-0.2, 0) is 6.54 Å². The molecule has 0 aromatic carbocycles. The summed E-state index contributed by atoms with van der Waals surface area (Å²) in [6.07, 6.45) is 2.93. The molecule has 2 heterocycles. The number of hydrogen-bond acceptors (Lipinski definition) is 4. The van der Waals surface area contributed by atoms with Crippen molar-refractivity contribution in [2.24, 2.45) is 0 Å². The van der Waals surface area contributed by atoms with E-state index in [0.29, 0.717) is 0 Å². The largest absolute Gasteiger partial charge is 0.469 e. The quantitative estimate of drug-likeness (QED) is 0.901. The fourth-order valence-electron chi connectivity index (χ4n) is 1.81. The molecule has 0 spiro atoms. The zero-order chi connectivity index (χ0) is 13.1. The average Bonchev–Trinajstić information content (AvgIpc) is 2.75. The molecule has 0 aliphatic carbocycles. The first-order valence-electron chi connectivity index (χ1n) is 5.96. The summed E-state index contributed by atoms with van der Waals surface area (Å²) in [5.74, 6) is 1.77. The molecule has 4 heteroatoms. The van der Waals surface area contributed by atoms with Crippen LogP contribution in [0.4, 0.5) is 5.82 Å². The molecule has 0 bridgehead atoms. The maximum absolute atomic E-state index is 9.57. The van der Waals surface area contributed by atoms with E-state index in [0.717, 1.165) is 29.2 Å². The maximum Gasteiger partial charge on any atom is 0.128 e. The lowest BCUT2D eigenvalue weighted by molar-refractivity contribution is 0.199. The lowest BCUT2D eigenvalue weighted by Crippen LogP contribution is -2.18. The average molecular weight is 246 g/mol. The van der Waals surface area contributed by atoms with Crippen molar-refractivity contribution in [3.05, 3.63) is 47.5 Å². The number of pyridine rings is 1. The molecule has 1 N–H and O–H groups in total. The molecule has 2 rings (SSSR count). The van der Waals surface area contributed by atoms with Crippen molar-refractivity contribution in [1.29, 1.82) is 0 Å². The van der Waals surface area contributed by atoms with Gasteiger partial charge in [0.05, 0.1) is 12.4 Å². The summed E-state index contributed by atoms with van der Waals surface area (Å²) in [5.41, 5.74) is 2.01. The lowest BCUT2D eigenvalue weighted by atomic mass is 10.1. The number of aryl methyl sites for hydroxylation is 1. The first kappa shape index (κ1) is 12.6.